The molecule has 1 aliphatic rings. The smallest absolute Gasteiger partial charge is 0.136 e. The number of nitrogens with one attached hydrogen (secondary N) is 1. The maximum Gasteiger partial charge on any atom is 0.136 e. The van der Waals surface area contributed by atoms with E-state index in [0.29, 0.717) is 11.7 Å². The summed E-state index contributed by atoms with van der Waals surface area (Å²) in [5, 5.41) is 9.47. The van der Waals surface area contributed by atoms with Gasteiger partial charge in [-0.25, -0.2) is 0 Å². The number of hydrogen-bond acceptors (Lipinski definition) is 1. The van der Waals surface area contributed by atoms with Crippen molar-refractivity contribution in [1.82, 2.24) is 4.98 Å². The summed E-state index contributed by atoms with van der Waals surface area (Å²) in [5.41, 5.74) is 1.05. The summed E-state index contributed by atoms with van der Waals surface area (Å²) >= 11 is 0. The summed E-state index contributed by atoms with van der Waals surface area (Å²) in [6.45, 7) is 0. The first-order valence-corrected chi connectivity index (χ1v) is 4.74. The highest BCUT2D eigenvalue weighted by Gasteiger charge is 2.18. The van der Waals surface area contributed by atoms with Crippen molar-refractivity contribution < 1.29 is 5.11 Å². The van der Waals surface area contributed by atoms with E-state index >= 15 is 0 Å². The number of aromatic nitrogens is 1. The first kappa shape index (κ1) is 10.5. The van der Waals surface area contributed by atoms with Crippen LogP contribution in [-0.4, -0.2) is 10.1 Å². The normalized spacial score (nSPS) is 18.2. The zero-order valence-electron chi connectivity index (χ0n) is 7.62. The monoisotopic (exact) mass is 201 g/mol. The molecule has 0 atom stereocenters. The maximum atomic E-state index is 9.47. The molecule has 1 aromatic heterocycles. The van der Waals surface area contributed by atoms with Gasteiger partial charge in [-0.2, -0.15) is 0 Å². The van der Waals surface area contributed by atoms with Crippen molar-refractivity contribution >= 4 is 12.4 Å². The van der Waals surface area contributed by atoms with Crippen LogP contribution in [0, 0.1) is 0 Å². The molecular formula is C10H16ClNO. The topological polar surface area (TPSA) is 36.0 Å². The Kier molecular flexibility index (Phi) is 3.67. The lowest BCUT2D eigenvalue weighted by Crippen LogP contribution is -2.04. The van der Waals surface area contributed by atoms with Gasteiger partial charge in [-0.15, -0.1) is 12.4 Å². The molecule has 13 heavy (non-hydrogen) atoms. The molecule has 0 aliphatic heterocycles. The van der Waals surface area contributed by atoms with Crippen molar-refractivity contribution in [1.29, 1.82) is 0 Å². The van der Waals surface area contributed by atoms with E-state index in [-0.39, 0.29) is 12.4 Å². The quantitative estimate of drug-likeness (QED) is 0.720. The van der Waals surface area contributed by atoms with E-state index in [0.717, 1.165) is 5.69 Å². The molecule has 2 N–H and O–H groups in total. The van der Waals surface area contributed by atoms with Crippen molar-refractivity contribution in [3.8, 4) is 5.75 Å². The third-order valence-electron chi connectivity index (χ3n) is 2.77. The predicted octanol–water partition coefficient (Wildman–Crippen LogP) is 3.19. The fourth-order valence-corrected chi connectivity index (χ4v) is 2.09. The first-order valence-electron chi connectivity index (χ1n) is 4.74. The van der Waals surface area contributed by atoms with Crippen LogP contribution in [0.4, 0.5) is 0 Å². The summed E-state index contributed by atoms with van der Waals surface area (Å²) in [6, 6.07) is 1.74. The van der Waals surface area contributed by atoms with Gasteiger partial charge in [0.25, 0.3) is 0 Å². The minimum atomic E-state index is 0. The highest BCUT2D eigenvalue weighted by molar-refractivity contribution is 5.85. The van der Waals surface area contributed by atoms with Crippen LogP contribution in [0.25, 0.3) is 0 Å². The number of H-pyrrole nitrogens is 1. The Bertz CT molecular complexity index is 253. The summed E-state index contributed by atoms with van der Waals surface area (Å²) < 4.78 is 0. The molecule has 1 aromatic rings. The van der Waals surface area contributed by atoms with Gasteiger partial charge < -0.3 is 10.1 Å². The second-order valence-electron chi connectivity index (χ2n) is 3.61. The summed E-state index contributed by atoms with van der Waals surface area (Å²) in [4.78, 5) is 3.13. The molecule has 74 valence electrons. The van der Waals surface area contributed by atoms with Gasteiger partial charge in [0.05, 0.1) is 5.69 Å². The standard InChI is InChI=1S/C10H15NO.ClH/c12-9-6-7-11-10(9)8-4-2-1-3-5-8;/h6-8,11-12H,1-5H2;1H. The summed E-state index contributed by atoms with van der Waals surface area (Å²) in [7, 11) is 0. The molecule has 0 amide bonds. The molecule has 2 nitrogen and oxygen atoms in total. The average Bonchev–Trinajstić information content (AvgIpc) is 2.53. The summed E-state index contributed by atoms with van der Waals surface area (Å²) in [5.74, 6) is 1.02. The van der Waals surface area contributed by atoms with E-state index in [9.17, 15) is 5.11 Å². The number of rotatable bonds is 1. The molecule has 1 saturated carbocycles. The first-order chi connectivity index (χ1) is 5.88. The Morgan fingerprint density at radius 2 is 1.92 bits per heavy atom. The number of hydrogen-bond donors (Lipinski definition) is 2. The fourth-order valence-electron chi connectivity index (χ4n) is 2.09. The van der Waals surface area contributed by atoms with Crippen LogP contribution in [0.2, 0.25) is 0 Å². The second-order valence-corrected chi connectivity index (χ2v) is 3.61. The third kappa shape index (κ3) is 2.19. The molecule has 0 bridgehead atoms. The van der Waals surface area contributed by atoms with Crippen LogP contribution in [0.5, 0.6) is 5.75 Å². The Morgan fingerprint density at radius 1 is 1.23 bits per heavy atom. The fraction of sp³-hybridized carbons (Fsp3) is 0.600. The van der Waals surface area contributed by atoms with Crippen molar-refractivity contribution in [3.63, 3.8) is 0 Å². The van der Waals surface area contributed by atoms with Crippen LogP contribution in [-0.2, 0) is 0 Å². The number of aromatic hydroxyl groups is 1. The molecule has 0 saturated heterocycles. The Labute approximate surface area is 84.8 Å². The molecule has 1 heterocycles. The van der Waals surface area contributed by atoms with Gasteiger partial charge in [-0.05, 0) is 18.9 Å². The molecule has 0 unspecified atom stereocenters. The van der Waals surface area contributed by atoms with Crippen LogP contribution in [0.3, 0.4) is 0 Å². The van der Waals surface area contributed by atoms with Crippen LogP contribution < -0.4 is 0 Å². The van der Waals surface area contributed by atoms with E-state index in [1.54, 1.807) is 6.07 Å². The lowest BCUT2D eigenvalue weighted by atomic mass is 9.87. The Morgan fingerprint density at radius 3 is 2.46 bits per heavy atom. The minimum Gasteiger partial charge on any atom is -0.506 e. The lowest BCUT2D eigenvalue weighted by Gasteiger charge is -2.20. The van der Waals surface area contributed by atoms with Gasteiger partial charge in [0.15, 0.2) is 0 Å². The van der Waals surface area contributed by atoms with Gasteiger partial charge in [-0.3, -0.25) is 0 Å². The number of halogens is 1. The van der Waals surface area contributed by atoms with Crippen molar-refractivity contribution in [2.45, 2.75) is 38.0 Å². The van der Waals surface area contributed by atoms with E-state index in [1.165, 1.54) is 32.1 Å². The minimum absolute atomic E-state index is 0. The lowest BCUT2D eigenvalue weighted by molar-refractivity contribution is 0.410. The highest BCUT2D eigenvalue weighted by atomic mass is 35.5. The Hall–Kier alpha value is -0.630. The molecule has 0 aromatic carbocycles. The van der Waals surface area contributed by atoms with E-state index in [1.807, 2.05) is 6.20 Å². The summed E-state index contributed by atoms with van der Waals surface area (Å²) in [6.07, 6.45) is 8.26. The van der Waals surface area contributed by atoms with E-state index in [4.69, 9.17) is 0 Å². The molecule has 1 aliphatic carbocycles. The van der Waals surface area contributed by atoms with Gasteiger partial charge in [-0.1, -0.05) is 19.3 Å². The molecule has 2 rings (SSSR count). The molecule has 1 fully saturated rings. The van der Waals surface area contributed by atoms with Gasteiger partial charge in [0, 0.05) is 12.1 Å². The van der Waals surface area contributed by atoms with Gasteiger partial charge >= 0.3 is 0 Å². The average molecular weight is 202 g/mol. The van der Waals surface area contributed by atoms with Crippen molar-refractivity contribution in [2.24, 2.45) is 0 Å². The zero-order chi connectivity index (χ0) is 8.39. The molecular weight excluding hydrogens is 186 g/mol. The van der Waals surface area contributed by atoms with Gasteiger partial charge in [0.1, 0.15) is 5.75 Å². The zero-order valence-corrected chi connectivity index (χ0v) is 8.44. The highest BCUT2D eigenvalue weighted by Crippen LogP contribution is 2.35. The van der Waals surface area contributed by atoms with Crippen molar-refractivity contribution in [2.75, 3.05) is 0 Å². The predicted molar refractivity (Wildman–Crippen MR) is 55.5 cm³/mol. The van der Waals surface area contributed by atoms with Crippen LogP contribution in [0.1, 0.15) is 43.7 Å². The SMILES string of the molecule is Cl.Oc1cc[nH]c1C1CCCCC1. The second kappa shape index (κ2) is 4.56. The third-order valence-corrected chi connectivity index (χ3v) is 2.77. The van der Waals surface area contributed by atoms with Crippen molar-refractivity contribution in [3.05, 3.63) is 18.0 Å². The molecule has 3 heteroatoms. The number of aromatic amines is 1. The maximum absolute atomic E-state index is 9.47. The van der Waals surface area contributed by atoms with Gasteiger partial charge in [0.2, 0.25) is 0 Å². The Balaban J connectivity index is 0.000000845. The van der Waals surface area contributed by atoms with E-state index < -0.39 is 0 Å². The van der Waals surface area contributed by atoms with E-state index in [2.05, 4.69) is 4.98 Å². The van der Waals surface area contributed by atoms with Crippen LogP contribution in [0.15, 0.2) is 12.3 Å². The van der Waals surface area contributed by atoms with Crippen LogP contribution >= 0.6 is 12.4 Å². The molecule has 0 radical (unpaired) electrons. The molecule has 0 spiro atoms. The largest absolute Gasteiger partial charge is 0.506 e.